The molecule has 0 fully saturated rings. The lowest BCUT2D eigenvalue weighted by Crippen LogP contribution is -2.22. The molecule has 19 heavy (non-hydrogen) atoms. The summed E-state index contributed by atoms with van der Waals surface area (Å²) >= 11 is 0. The maximum atomic E-state index is 13.5. The molecule has 2 aromatic rings. The van der Waals surface area contributed by atoms with E-state index in [2.05, 4.69) is 4.98 Å². The van der Waals surface area contributed by atoms with Crippen LogP contribution < -0.4 is 10.6 Å². The van der Waals surface area contributed by atoms with Gasteiger partial charge >= 0.3 is 0 Å². The third-order valence-corrected chi connectivity index (χ3v) is 3.18. The minimum atomic E-state index is -0.155. The van der Waals surface area contributed by atoms with Crippen LogP contribution in [0.2, 0.25) is 0 Å². The Morgan fingerprint density at radius 2 is 1.95 bits per heavy atom. The fourth-order valence-corrected chi connectivity index (χ4v) is 1.88. The van der Waals surface area contributed by atoms with Crippen molar-refractivity contribution in [2.75, 3.05) is 24.2 Å². The van der Waals surface area contributed by atoms with Crippen molar-refractivity contribution in [3.63, 3.8) is 0 Å². The van der Waals surface area contributed by atoms with Gasteiger partial charge in [-0.3, -0.25) is 0 Å². The van der Waals surface area contributed by atoms with Crippen LogP contribution in [0.1, 0.15) is 11.3 Å². The number of hydrogen-bond acceptors (Lipinski definition) is 3. The molecular formula is C15H18FN3. The Balaban J connectivity index is 2.03. The predicted octanol–water partition coefficient (Wildman–Crippen LogP) is 2.79. The van der Waals surface area contributed by atoms with Gasteiger partial charge in [-0.2, -0.15) is 0 Å². The molecule has 0 spiro atoms. The summed E-state index contributed by atoms with van der Waals surface area (Å²) in [4.78, 5) is 6.41. The maximum absolute atomic E-state index is 13.5. The number of pyridine rings is 1. The third-order valence-electron chi connectivity index (χ3n) is 3.18. The van der Waals surface area contributed by atoms with E-state index in [0.29, 0.717) is 18.7 Å². The number of aromatic nitrogens is 1. The Hall–Kier alpha value is -2.10. The topological polar surface area (TPSA) is 42.2 Å². The van der Waals surface area contributed by atoms with Gasteiger partial charge < -0.3 is 10.6 Å². The maximum Gasteiger partial charge on any atom is 0.128 e. The van der Waals surface area contributed by atoms with Crippen molar-refractivity contribution in [2.24, 2.45) is 0 Å². The normalized spacial score (nSPS) is 10.5. The lowest BCUT2D eigenvalue weighted by molar-refractivity contribution is 0.608. The summed E-state index contributed by atoms with van der Waals surface area (Å²) in [6.45, 7) is 2.58. The summed E-state index contributed by atoms with van der Waals surface area (Å²) in [5.74, 6) is 0.695. The summed E-state index contributed by atoms with van der Waals surface area (Å²) in [5.41, 5.74) is 7.97. The van der Waals surface area contributed by atoms with Crippen molar-refractivity contribution < 1.29 is 4.39 Å². The van der Waals surface area contributed by atoms with Crippen molar-refractivity contribution in [2.45, 2.75) is 13.3 Å². The molecule has 0 unspecified atom stereocenters. The quantitative estimate of drug-likeness (QED) is 0.918. The van der Waals surface area contributed by atoms with E-state index in [0.717, 1.165) is 17.1 Å². The van der Waals surface area contributed by atoms with E-state index >= 15 is 0 Å². The highest BCUT2D eigenvalue weighted by molar-refractivity contribution is 5.50. The van der Waals surface area contributed by atoms with Crippen LogP contribution in [0.15, 0.2) is 36.4 Å². The highest BCUT2D eigenvalue weighted by Crippen LogP contribution is 2.16. The fourth-order valence-electron chi connectivity index (χ4n) is 1.88. The van der Waals surface area contributed by atoms with Crippen molar-refractivity contribution in [3.05, 3.63) is 53.5 Å². The van der Waals surface area contributed by atoms with Crippen molar-refractivity contribution in [3.8, 4) is 0 Å². The van der Waals surface area contributed by atoms with E-state index in [1.54, 1.807) is 6.07 Å². The molecule has 0 aliphatic carbocycles. The van der Waals surface area contributed by atoms with Gasteiger partial charge in [0.05, 0.1) is 11.4 Å². The van der Waals surface area contributed by atoms with Gasteiger partial charge in [-0.05, 0) is 37.1 Å². The Labute approximate surface area is 112 Å². The average molecular weight is 259 g/mol. The number of nitrogens with two attached hydrogens (primary N) is 1. The summed E-state index contributed by atoms with van der Waals surface area (Å²) in [5, 5.41) is 0. The van der Waals surface area contributed by atoms with E-state index < -0.39 is 0 Å². The molecule has 0 saturated heterocycles. The van der Waals surface area contributed by atoms with Gasteiger partial charge in [-0.25, -0.2) is 9.37 Å². The van der Waals surface area contributed by atoms with Gasteiger partial charge in [0.2, 0.25) is 0 Å². The van der Waals surface area contributed by atoms with Crippen molar-refractivity contribution in [1.82, 2.24) is 4.98 Å². The molecule has 0 bridgehead atoms. The zero-order valence-electron chi connectivity index (χ0n) is 11.2. The molecule has 100 valence electrons. The molecule has 0 radical (unpaired) electrons. The molecular weight excluding hydrogens is 241 g/mol. The fraction of sp³-hybridized carbons (Fsp3) is 0.267. The molecule has 1 aromatic heterocycles. The van der Waals surface area contributed by atoms with Gasteiger partial charge in [0.15, 0.2) is 0 Å². The number of rotatable bonds is 4. The number of halogens is 1. The largest absolute Gasteiger partial charge is 0.397 e. The van der Waals surface area contributed by atoms with Crippen LogP contribution in [-0.2, 0) is 6.42 Å². The zero-order chi connectivity index (χ0) is 13.8. The zero-order valence-corrected chi connectivity index (χ0v) is 11.2. The van der Waals surface area contributed by atoms with Crippen LogP contribution >= 0.6 is 0 Å². The number of benzene rings is 1. The average Bonchev–Trinajstić information content (AvgIpc) is 2.40. The Bertz CT molecular complexity index is 569. The predicted molar refractivity (Wildman–Crippen MR) is 76.8 cm³/mol. The van der Waals surface area contributed by atoms with Crippen LogP contribution in [0.5, 0.6) is 0 Å². The van der Waals surface area contributed by atoms with Crippen LogP contribution in [0.4, 0.5) is 15.9 Å². The second-order valence-electron chi connectivity index (χ2n) is 4.61. The van der Waals surface area contributed by atoms with Crippen LogP contribution in [0.25, 0.3) is 0 Å². The first-order valence-corrected chi connectivity index (χ1v) is 6.25. The van der Waals surface area contributed by atoms with E-state index in [9.17, 15) is 4.39 Å². The molecule has 0 saturated carbocycles. The number of likely N-dealkylation sites (N-methyl/N-ethyl adjacent to an activating group) is 1. The van der Waals surface area contributed by atoms with Gasteiger partial charge in [0, 0.05) is 13.6 Å². The molecule has 0 aliphatic heterocycles. The van der Waals surface area contributed by atoms with E-state index in [4.69, 9.17) is 5.73 Å². The van der Waals surface area contributed by atoms with Gasteiger partial charge in [0.25, 0.3) is 0 Å². The van der Waals surface area contributed by atoms with Crippen LogP contribution in [-0.4, -0.2) is 18.6 Å². The van der Waals surface area contributed by atoms with E-state index in [-0.39, 0.29) is 5.82 Å². The molecule has 0 amide bonds. The molecule has 3 nitrogen and oxygen atoms in total. The highest BCUT2D eigenvalue weighted by Gasteiger charge is 2.06. The first-order valence-electron chi connectivity index (χ1n) is 6.25. The Morgan fingerprint density at radius 3 is 2.63 bits per heavy atom. The summed E-state index contributed by atoms with van der Waals surface area (Å²) in [6.07, 6.45) is 0.647. The number of anilines is 2. The minimum Gasteiger partial charge on any atom is -0.397 e. The lowest BCUT2D eigenvalue weighted by atomic mass is 10.1. The minimum absolute atomic E-state index is 0.155. The van der Waals surface area contributed by atoms with Gasteiger partial charge in [-0.1, -0.05) is 18.2 Å². The SMILES string of the molecule is Cc1nc(N(C)CCc2ccccc2F)ccc1N. The highest BCUT2D eigenvalue weighted by atomic mass is 19.1. The summed E-state index contributed by atoms with van der Waals surface area (Å²) in [6, 6.07) is 10.6. The number of hydrogen-bond donors (Lipinski definition) is 1. The van der Waals surface area contributed by atoms with E-state index in [1.165, 1.54) is 6.07 Å². The molecule has 2 rings (SSSR count). The van der Waals surface area contributed by atoms with Crippen LogP contribution in [0, 0.1) is 12.7 Å². The molecule has 2 N–H and O–H groups in total. The molecule has 0 atom stereocenters. The third kappa shape index (κ3) is 3.22. The summed E-state index contributed by atoms with van der Waals surface area (Å²) < 4.78 is 13.5. The Morgan fingerprint density at radius 1 is 1.21 bits per heavy atom. The van der Waals surface area contributed by atoms with Gasteiger partial charge in [-0.15, -0.1) is 0 Å². The first kappa shape index (κ1) is 13.3. The van der Waals surface area contributed by atoms with Crippen LogP contribution in [0.3, 0.4) is 0 Å². The molecule has 0 aliphatic rings. The molecule has 1 aromatic carbocycles. The molecule has 4 heteroatoms. The molecule has 1 heterocycles. The second-order valence-corrected chi connectivity index (χ2v) is 4.61. The lowest BCUT2D eigenvalue weighted by Gasteiger charge is -2.19. The van der Waals surface area contributed by atoms with Crippen molar-refractivity contribution in [1.29, 1.82) is 0 Å². The smallest absolute Gasteiger partial charge is 0.128 e. The number of nitrogen functional groups attached to an aromatic ring is 1. The monoisotopic (exact) mass is 259 g/mol. The van der Waals surface area contributed by atoms with Gasteiger partial charge in [0.1, 0.15) is 11.6 Å². The standard InChI is InChI=1S/C15H18FN3/c1-11-14(17)7-8-15(18-11)19(2)10-9-12-5-3-4-6-13(12)16/h3-8H,9-10,17H2,1-2H3. The van der Waals surface area contributed by atoms with Crippen molar-refractivity contribution >= 4 is 11.5 Å². The summed E-state index contributed by atoms with van der Waals surface area (Å²) in [7, 11) is 1.94. The second kappa shape index (κ2) is 5.69. The van der Waals surface area contributed by atoms with E-state index in [1.807, 2.05) is 43.1 Å². The first-order chi connectivity index (χ1) is 9.08. The number of aryl methyl sites for hydroxylation is 1. The Kier molecular flexibility index (Phi) is 4.00. The number of nitrogens with zero attached hydrogens (tertiary/aromatic N) is 2.